The monoisotopic (exact) mass is 358 g/mol. The van der Waals surface area contributed by atoms with Gasteiger partial charge in [-0.3, -0.25) is 9.69 Å². The Morgan fingerprint density at radius 1 is 1.31 bits per heavy atom. The van der Waals surface area contributed by atoms with Gasteiger partial charge in [0, 0.05) is 25.5 Å². The number of aryl methyl sites for hydroxylation is 1. The Hall–Kier alpha value is -3.03. The molecule has 1 aromatic heterocycles. The first-order valence-electron chi connectivity index (χ1n) is 8.59. The third kappa shape index (κ3) is 4.75. The van der Waals surface area contributed by atoms with Crippen LogP contribution in [0.4, 0.5) is 4.79 Å². The average molecular weight is 358 g/mol. The van der Waals surface area contributed by atoms with Crippen LogP contribution in [0.5, 0.6) is 5.75 Å². The summed E-state index contributed by atoms with van der Waals surface area (Å²) in [6, 6.07) is 8.71. The Bertz CT molecular complexity index is 705. The number of amides is 2. The van der Waals surface area contributed by atoms with Crippen molar-refractivity contribution >= 4 is 12.0 Å². The highest BCUT2D eigenvalue weighted by atomic mass is 16.6. The van der Waals surface area contributed by atoms with Crippen LogP contribution in [-0.2, 0) is 16.1 Å². The summed E-state index contributed by atoms with van der Waals surface area (Å²) in [5.74, 6) is 0.516. The predicted molar refractivity (Wildman–Crippen MR) is 93.6 cm³/mol. The van der Waals surface area contributed by atoms with Gasteiger partial charge < -0.3 is 19.4 Å². The number of cyclic esters (lactones) is 1. The number of benzene rings is 1. The molecule has 8 nitrogen and oxygen atoms in total. The van der Waals surface area contributed by atoms with E-state index in [0.29, 0.717) is 19.7 Å². The summed E-state index contributed by atoms with van der Waals surface area (Å²) in [6.45, 7) is 1.95. The van der Waals surface area contributed by atoms with Crippen LogP contribution in [-0.4, -0.2) is 58.8 Å². The Morgan fingerprint density at radius 2 is 2.15 bits per heavy atom. The van der Waals surface area contributed by atoms with E-state index in [4.69, 9.17) is 9.47 Å². The van der Waals surface area contributed by atoms with E-state index in [1.807, 2.05) is 41.1 Å². The Kier molecular flexibility index (Phi) is 6.08. The van der Waals surface area contributed by atoms with Crippen molar-refractivity contribution in [1.82, 2.24) is 19.8 Å². The van der Waals surface area contributed by atoms with E-state index in [2.05, 4.69) is 10.3 Å². The van der Waals surface area contributed by atoms with E-state index in [-0.39, 0.29) is 12.5 Å². The molecule has 0 spiro atoms. The summed E-state index contributed by atoms with van der Waals surface area (Å²) < 4.78 is 12.6. The standard InChI is InChI=1S/C18H22N4O4/c23-17(20-7-4-9-21-10-8-19-14-21)16-13-26-18(24)22(16)11-12-25-15-5-2-1-3-6-15/h1-3,5-6,8,10,14,16H,4,7,9,11-13H2,(H,20,23)/t16-/m0/s1. The SMILES string of the molecule is O=C(NCCCn1ccnc1)[C@@H]1COC(=O)N1CCOc1ccccc1. The summed E-state index contributed by atoms with van der Waals surface area (Å²) in [5.41, 5.74) is 0. The fourth-order valence-electron chi connectivity index (χ4n) is 2.70. The minimum Gasteiger partial charge on any atom is -0.492 e. The van der Waals surface area contributed by atoms with Crippen molar-refractivity contribution in [2.24, 2.45) is 0 Å². The zero-order valence-electron chi connectivity index (χ0n) is 14.4. The molecule has 26 heavy (non-hydrogen) atoms. The van der Waals surface area contributed by atoms with Gasteiger partial charge in [-0.05, 0) is 18.6 Å². The van der Waals surface area contributed by atoms with Gasteiger partial charge in [-0.2, -0.15) is 0 Å². The molecule has 138 valence electrons. The molecule has 0 radical (unpaired) electrons. The topological polar surface area (TPSA) is 85.7 Å². The second kappa shape index (κ2) is 8.89. The molecule has 1 aliphatic rings. The molecular weight excluding hydrogens is 336 g/mol. The number of hydrogen-bond acceptors (Lipinski definition) is 5. The lowest BCUT2D eigenvalue weighted by Crippen LogP contribution is -2.47. The van der Waals surface area contributed by atoms with Crippen molar-refractivity contribution in [3.63, 3.8) is 0 Å². The van der Waals surface area contributed by atoms with Crippen LogP contribution in [0.2, 0.25) is 0 Å². The van der Waals surface area contributed by atoms with E-state index in [1.165, 1.54) is 4.90 Å². The van der Waals surface area contributed by atoms with Gasteiger partial charge in [0.05, 0.1) is 12.9 Å². The summed E-state index contributed by atoms with van der Waals surface area (Å²) in [4.78, 5) is 29.6. The molecule has 1 saturated heterocycles. The van der Waals surface area contributed by atoms with Crippen molar-refractivity contribution < 1.29 is 19.1 Å². The number of nitrogens with zero attached hydrogens (tertiary/aromatic N) is 3. The molecule has 0 bridgehead atoms. The van der Waals surface area contributed by atoms with Gasteiger partial charge in [0.25, 0.3) is 0 Å². The molecule has 2 amide bonds. The van der Waals surface area contributed by atoms with E-state index in [1.54, 1.807) is 12.5 Å². The minimum absolute atomic E-state index is 0.0670. The van der Waals surface area contributed by atoms with Crippen molar-refractivity contribution in [3.8, 4) is 5.75 Å². The first-order valence-corrected chi connectivity index (χ1v) is 8.59. The molecule has 0 saturated carbocycles. The third-order valence-electron chi connectivity index (χ3n) is 4.07. The maximum atomic E-state index is 12.4. The van der Waals surface area contributed by atoms with Crippen molar-refractivity contribution in [3.05, 3.63) is 49.1 Å². The molecule has 2 aromatic rings. The van der Waals surface area contributed by atoms with Crippen molar-refractivity contribution in [1.29, 1.82) is 0 Å². The quantitative estimate of drug-likeness (QED) is 0.683. The van der Waals surface area contributed by atoms with Crippen LogP contribution in [0.1, 0.15) is 6.42 Å². The van der Waals surface area contributed by atoms with E-state index in [0.717, 1.165) is 18.7 Å². The van der Waals surface area contributed by atoms with Gasteiger partial charge in [0.2, 0.25) is 5.91 Å². The minimum atomic E-state index is -0.616. The highest BCUT2D eigenvalue weighted by molar-refractivity contribution is 5.87. The molecule has 1 fully saturated rings. The molecule has 0 aliphatic carbocycles. The number of nitrogens with one attached hydrogen (secondary N) is 1. The maximum absolute atomic E-state index is 12.4. The lowest BCUT2D eigenvalue weighted by atomic mass is 10.2. The Morgan fingerprint density at radius 3 is 2.92 bits per heavy atom. The zero-order chi connectivity index (χ0) is 18.2. The molecule has 1 aromatic carbocycles. The number of hydrogen-bond donors (Lipinski definition) is 1. The van der Waals surface area contributed by atoms with Gasteiger partial charge in [-0.15, -0.1) is 0 Å². The molecular formula is C18H22N4O4. The molecule has 8 heteroatoms. The number of ether oxygens (including phenoxy) is 2. The number of carbonyl (C=O) groups excluding carboxylic acids is 2. The summed E-state index contributed by atoms with van der Waals surface area (Å²) >= 11 is 0. The van der Waals surface area contributed by atoms with Crippen LogP contribution in [0.3, 0.4) is 0 Å². The highest BCUT2D eigenvalue weighted by Gasteiger charge is 2.37. The van der Waals surface area contributed by atoms with Crippen LogP contribution in [0, 0.1) is 0 Å². The lowest BCUT2D eigenvalue weighted by Gasteiger charge is -2.20. The van der Waals surface area contributed by atoms with E-state index < -0.39 is 12.1 Å². The van der Waals surface area contributed by atoms with Crippen LogP contribution < -0.4 is 10.1 Å². The summed E-state index contributed by atoms with van der Waals surface area (Å²) in [6.07, 6.45) is 5.62. The number of rotatable bonds is 9. The fourth-order valence-corrected chi connectivity index (χ4v) is 2.70. The second-order valence-corrected chi connectivity index (χ2v) is 5.89. The third-order valence-corrected chi connectivity index (χ3v) is 4.07. The van der Waals surface area contributed by atoms with E-state index >= 15 is 0 Å². The first kappa shape index (κ1) is 17.8. The smallest absolute Gasteiger partial charge is 0.410 e. The fraction of sp³-hybridized carbons (Fsp3) is 0.389. The Labute approximate surface area is 151 Å². The average Bonchev–Trinajstić information content (AvgIpc) is 3.30. The maximum Gasteiger partial charge on any atom is 0.410 e. The highest BCUT2D eigenvalue weighted by Crippen LogP contribution is 2.13. The van der Waals surface area contributed by atoms with Crippen molar-refractivity contribution in [2.75, 3.05) is 26.3 Å². The van der Waals surface area contributed by atoms with Crippen LogP contribution >= 0.6 is 0 Å². The zero-order valence-corrected chi connectivity index (χ0v) is 14.4. The largest absolute Gasteiger partial charge is 0.492 e. The number of carbonyl (C=O) groups is 2. The molecule has 1 aliphatic heterocycles. The second-order valence-electron chi connectivity index (χ2n) is 5.89. The normalized spacial score (nSPS) is 16.4. The van der Waals surface area contributed by atoms with E-state index in [9.17, 15) is 9.59 Å². The van der Waals surface area contributed by atoms with Gasteiger partial charge in [0.15, 0.2) is 0 Å². The number of aromatic nitrogens is 2. The van der Waals surface area contributed by atoms with Gasteiger partial charge in [-0.1, -0.05) is 18.2 Å². The molecule has 1 atom stereocenters. The number of para-hydroxylation sites is 1. The summed E-state index contributed by atoms with van der Waals surface area (Å²) in [7, 11) is 0. The summed E-state index contributed by atoms with van der Waals surface area (Å²) in [5, 5.41) is 2.86. The van der Waals surface area contributed by atoms with Crippen molar-refractivity contribution in [2.45, 2.75) is 19.0 Å². The van der Waals surface area contributed by atoms with Gasteiger partial charge in [-0.25, -0.2) is 9.78 Å². The molecule has 0 unspecified atom stereocenters. The van der Waals surface area contributed by atoms with Crippen LogP contribution in [0.15, 0.2) is 49.1 Å². The van der Waals surface area contributed by atoms with Gasteiger partial charge in [0.1, 0.15) is 25.0 Å². The molecule has 2 heterocycles. The van der Waals surface area contributed by atoms with Gasteiger partial charge >= 0.3 is 6.09 Å². The molecule has 1 N–H and O–H groups in total. The lowest BCUT2D eigenvalue weighted by molar-refractivity contribution is -0.124. The predicted octanol–water partition coefficient (Wildman–Crippen LogP) is 1.29. The first-order chi connectivity index (χ1) is 12.7. The van der Waals surface area contributed by atoms with Crippen LogP contribution in [0.25, 0.3) is 0 Å². The Balaban J connectivity index is 1.41. The number of imidazole rings is 1. The molecule has 3 rings (SSSR count).